The molecule has 1 aromatic heterocycles. The average molecular weight is 399 g/mol. The van der Waals surface area contributed by atoms with Crippen LogP contribution in [0.4, 0.5) is 0 Å². The van der Waals surface area contributed by atoms with Crippen molar-refractivity contribution in [2.45, 2.75) is 0 Å². The normalized spacial score (nSPS) is 13.2. The topological polar surface area (TPSA) is 39.1 Å². The number of para-hydroxylation sites is 2. The largest absolute Gasteiger partial charge is 0.309 e. The van der Waals surface area contributed by atoms with Gasteiger partial charge in [-0.3, -0.25) is 9.59 Å². The number of aromatic nitrogens is 1. The Morgan fingerprint density at radius 3 is 1.58 bits per heavy atom. The first kappa shape index (κ1) is 17.6. The number of fused-ring (bicyclic) bond motifs is 4. The minimum Gasteiger partial charge on any atom is -0.309 e. The Morgan fingerprint density at radius 1 is 0.548 bits per heavy atom. The molecule has 31 heavy (non-hydrogen) atoms. The van der Waals surface area contributed by atoms with Crippen LogP contribution in [0.2, 0.25) is 0 Å². The molecule has 5 aromatic rings. The van der Waals surface area contributed by atoms with Crippen molar-refractivity contribution in [2.75, 3.05) is 0 Å². The van der Waals surface area contributed by atoms with E-state index in [0.717, 1.165) is 22.3 Å². The highest BCUT2D eigenvalue weighted by atomic mass is 16.2. The minimum absolute atomic E-state index is 0.202. The highest BCUT2D eigenvalue weighted by molar-refractivity contribution is 6.41. The van der Waals surface area contributed by atoms with Gasteiger partial charge < -0.3 is 4.57 Å². The summed E-state index contributed by atoms with van der Waals surface area (Å²) in [5.74, 6) is -0.404. The maximum atomic E-state index is 12.7. The van der Waals surface area contributed by atoms with Gasteiger partial charge in [-0.05, 0) is 35.9 Å². The number of hydrogen-bond acceptors (Lipinski definition) is 2. The molecular weight excluding hydrogens is 382 g/mol. The summed E-state index contributed by atoms with van der Waals surface area (Å²) in [6.07, 6.45) is 1.69. The minimum atomic E-state index is -0.202. The van der Waals surface area contributed by atoms with E-state index in [1.807, 2.05) is 36.4 Å². The lowest BCUT2D eigenvalue weighted by molar-refractivity contribution is 0.0990. The van der Waals surface area contributed by atoms with Crippen LogP contribution in [0.3, 0.4) is 0 Å². The lowest BCUT2D eigenvalue weighted by Crippen LogP contribution is -2.00. The molecule has 0 fully saturated rings. The second kappa shape index (κ2) is 6.64. The van der Waals surface area contributed by atoms with Crippen molar-refractivity contribution >= 4 is 39.4 Å². The molecule has 4 aromatic carbocycles. The van der Waals surface area contributed by atoms with Crippen molar-refractivity contribution in [2.24, 2.45) is 0 Å². The molecule has 0 amide bonds. The number of ketones is 2. The zero-order valence-corrected chi connectivity index (χ0v) is 16.6. The van der Waals surface area contributed by atoms with E-state index in [0.29, 0.717) is 11.1 Å². The molecule has 146 valence electrons. The number of benzene rings is 4. The molecular formula is C28H17NO2. The number of rotatable bonds is 2. The van der Waals surface area contributed by atoms with E-state index in [9.17, 15) is 9.59 Å². The Bertz CT molecular complexity index is 1460. The van der Waals surface area contributed by atoms with Gasteiger partial charge in [0, 0.05) is 27.6 Å². The van der Waals surface area contributed by atoms with Gasteiger partial charge in [-0.15, -0.1) is 0 Å². The molecule has 6 rings (SSSR count). The summed E-state index contributed by atoms with van der Waals surface area (Å²) >= 11 is 0. The summed E-state index contributed by atoms with van der Waals surface area (Å²) < 4.78 is 2.24. The third-order valence-electron chi connectivity index (χ3n) is 5.95. The van der Waals surface area contributed by atoms with Crippen molar-refractivity contribution in [1.29, 1.82) is 0 Å². The van der Waals surface area contributed by atoms with Gasteiger partial charge in [0.15, 0.2) is 11.6 Å². The Hall–Kier alpha value is -4.24. The summed E-state index contributed by atoms with van der Waals surface area (Å²) in [5.41, 5.74) is 5.35. The van der Waals surface area contributed by atoms with E-state index >= 15 is 0 Å². The molecule has 3 heteroatoms. The molecule has 0 N–H and O–H groups in total. The summed E-state index contributed by atoms with van der Waals surface area (Å²) in [6.45, 7) is 0. The van der Waals surface area contributed by atoms with E-state index < -0.39 is 0 Å². The highest BCUT2D eigenvalue weighted by Crippen LogP contribution is 2.32. The second-order valence-electron chi connectivity index (χ2n) is 7.72. The molecule has 1 heterocycles. The van der Waals surface area contributed by atoms with E-state index in [1.54, 1.807) is 30.3 Å². The standard InChI is InChI=1S/C28H17NO2/c30-27-22-9-1-2-10-23(22)28(31)24(27)17-18-13-15-19(16-14-18)29-25-11-5-3-7-20(25)21-8-4-6-12-26(21)29/h1-17H. The van der Waals surface area contributed by atoms with Gasteiger partial charge in [0.05, 0.1) is 16.6 Å². The Kier molecular flexibility index (Phi) is 3.77. The van der Waals surface area contributed by atoms with Crippen molar-refractivity contribution < 1.29 is 9.59 Å². The first-order valence-corrected chi connectivity index (χ1v) is 10.2. The molecule has 0 bridgehead atoms. The van der Waals surface area contributed by atoms with Gasteiger partial charge in [-0.2, -0.15) is 0 Å². The fourth-order valence-corrected chi connectivity index (χ4v) is 4.49. The molecule has 0 atom stereocenters. The smallest absolute Gasteiger partial charge is 0.197 e. The van der Waals surface area contributed by atoms with Gasteiger partial charge in [0.1, 0.15) is 0 Å². The Labute approximate surface area is 178 Å². The van der Waals surface area contributed by atoms with E-state index in [-0.39, 0.29) is 17.1 Å². The van der Waals surface area contributed by atoms with Gasteiger partial charge in [-0.1, -0.05) is 72.8 Å². The number of Topliss-reactive ketones (excluding diaryl/α,β-unsaturated/α-hetero) is 2. The van der Waals surface area contributed by atoms with Crippen LogP contribution in [0.1, 0.15) is 26.3 Å². The predicted molar refractivity (Wildman–Crippen MR) is 124 cm³/mol. The van der Waals surface area contributed by atoms with Crippen LogP contribution in [0, 0.1) is 0 Å². The molecule has 0 radical (unpaired) electrons. The van der Waals surface area contributed by atoms with Crippen molar-refractivity contribution in [1.82, 2.24) is 4.57 Å². The molecule has 0 saturated carbocycles. The fraction of sp³-hybridized carbons (Fsp3) is 0. The zero-order valence-electron chi connectivity index (χ0n) is 16.6. The summed E-state index contributed by atoms with van der Waals surface area (Å²) in [6, 6.07) is 31.7. The molecule has 0 unspecified atom stereocenters. The molecule has 3 nitrogen and oxygen atoms in total. The Balaban J connectivity index is 1.44. The summed E-state index contributed by atoms with van der Waals surface area (Å²) in [7, 11) is 0. The van der Waals surface area contributed by atoms with Crippen LogP contribution in [0.15, 0.2) is 103 Å². The summed E-state index contributed by atoms with van der Waals surface area (Å²) in [5, 5.41) is 2.42. The number of allylic oxidation sites excluding steroid dienone is 1. The molecule has 1 aliphatic rings. The van der Waals surface area contributed by atoms with E-state index in [2.05, 4.69) is 41.0 Å². The monoisotopic (exact) mass is 399 g/mol. The first-order valence-electron chi connectivity index (χ1n) is 10.2. The highest BCUT2D eigenvalue weighted by Gasteiger charge is 2.32. The lowest BCUT2D eigenvalue weighted by Gasteiger charge is -2.08. The molecule has 0 aliphatic heterocycles. The lowest BCUT2D eigenvalue weighted by atomic mass is 10.1. The van der Waals surface area contributed by atoms with Crippen molar-refractivity contribution in [3.8, 4) is 5.69 Å². The number of carbonyl (C=O) groups excluding carboxylic acids is 2. The maximum absolute atomic E-state index is 12.7. The van der Waals surface area contributed by atoms with Crippen LogP contribution >= 0.6 is 0 Å². The maximum Gasteiger partial charge on any atom is 0.197 e. The van der Waals surface area contributed by atoms with Gasteiger partial charge in [0.2, 0.25) is 0 Å². The van der Waals surface area contributed by atoms with Gasteiger partial charge >= 0.3 is 0 Å². The van der Waals surface area contributed by atoms with Crippen LogP contribution in [-0.2, 0) is 0 Å². The second-order valence-corrected chi connectivity index (χ2v) is 7.72. The predicted octanol–water partition coefficient (Wildman–Crippen LogP) is 6.25. The van der Waals surface area contributed by atoms with E-state index in [4.69, 9.17) is 0 Å². The van der Waals surface area contributed by atoms with Crippen molar-refractivity contribution in [3.05, 3.63) is 119 Å². The average Bonchev–Trinajstić information content (AvgIpc) is 3.28. The first-order chi connectivity index (χ1) is 15.2. The number of hydrogen-bond donors (Lipinski definition) is 0. The van der Waals surface area contributed by atoms with Crippen LogP contribution < -0.4 is 0 Å². The van der Waals surface area contributed by atoms with Crippen LogP contribution in [0.25, 0.3) is 33.6 Å². The quantitative estimate of drug-likeness (QED) is 0.260. The van der Waals surface area contributed by atoms with Crippen LogP contribution in [-0.4, -0.2) is 16.1 Å². The van der Waals surface area contributed by atoms with Gasteiger partial charge in [-0.25, -0.2) is 0 Å². The third-order valence-corrected chi connectivity index (χ3v) is 5.95. The van der Waals surface area contributed by atoms with Crippen LogP contribution in [0.5, 0.6) is 0 Å². The summed E-state index contributed by atoms with van der Waals surface area (Å²) in [4.78, 5) is 25.3. The fourth-order valence-electron chi connectivity index (χ4n) is 4.49. The third kappa shape index (κ3) is 2.60. The molecule has 1 aliphatic carbocycles. The van der Waals surface area contributed by atoms with E-state index in [1.165, 1.54) is 10.8 Å². The SMILES string of the molecule is O=C1C(=Cc2ccc(-n3c4ccccc4c4ccccc43)cc2)C(=O)c2ccccc21. The number of carbonyl (C=O) groups is 2. The van der Waals surface area contributed by atoms with Gasteiger partial charge in [0.25, 0.3) is 0 Å². The molecule has 0 spiro atoms. The Morgan fingerprint density at radius 2 is 1.03 bits per heavy atom. The molecule has 0 saturated heterocycles. The number of nitrogens with zero attached hydrogens (tertiary/aromatic N) is 1. The van der Waals surface area contributed by atoms with Crippen molar-refractivity contribution in [3.63, 3.8) is 0 Å². The zero-order chi connectivity index (χ0) is 20.9.